The fraction of sp³-hybridized carbons (Fsp3) is 0.898. The van der Waals surface area contributed by atoms with Crippen LogP contribution in [-0.4, -0.2) is 47.4 Å². The minimum atomic E-state index is -0.852. The third-order valence-corrected chi connectivity index (χ3v) is 13.5. The van der Waals surface area contributed by atoms with E-state index >= 15 is 0 Å². The molecule has 6 nitrogen and oxygen atoms in total. The normalized spacial score (nSPS) is 12.7. The summed E-state index contributed by atoms with van der Waals surface area (Å²) in [7, 11) is 0. The second-order valence-electron chi connectivity index (χ2n) is 20.0. The van der Waals surface area contributed by atoms with E-state index < -0.39 is 12.1 Å². The van der Waals surface area contributed by atoms with Crippen molar-refractivity contribution in [2.75, 3.05) is 13.2 Å². The van der Waals surface area contributed by atoms with Gasteiger partial charge in [-0.1, -0.05) is 269 Å². The fourth-order valence-corrected chi connectivity index (χ4v) is 8.98. The molecule has 0 aliphatic rings. The number of allylic oxidation sites excluding steroid dienone is 3. The van der Waals surface area contributed by atoms with Crippen LogP contribution < -0.4 is 5.32 Å². The lowest BCUT2D eigenvalue weighted by molar-refractivity contribution is -0.143. The van der Waals surface area contributed by atoms with E-state index in [1.165, 1.54) is 231 Å². The number of unbranched alkanes of at least 4 members (excludes halogenated alkanes) is 41. The molecule has 0 aliphatic carbocycles. The lowest BCUT2D eigenvalue weighted by Gasteiger charge is -2.20. The Morgan fingerprint density at radius 1 is 0.415 bits per heavy atom. The van der Waals surface area contributed by atoms with Crippen LogP contribution in [0.2, 0.25) is 0 Å². The number of carbonyl (C=O) groups excluding carboxylic acids is 2. The van der Waals surface area contributed by atoms with E-state index in [9.17, 15) is 19.8 Å². The molecule has 0 saturated heterocycles. The molecule has 0 saturated carbocycles. The number of aliphatic hydroxyl groups excluding tert-OH is 2. The zero-order valence-electron chi connectivity index (χ0n) is 43.7. The highest BCUT2D eigenvalue weighted by atomic mass is 16.5. The van der Waals surface area contributed by atoms with E-state index in [-0.39, 0.29) is 18.5 Å². The van der Waals surface area contributed by atoms with Gasteiger partial charge in [0.25, 0.3) is 0 Å². The molecule has 0 aromatic rings. The lowest BCUT2D eigenvalue weighted by atomic mass is 10.0. The van der Waals surface area contributed by atoms with Gasteiger partial charge < -0.3 is 20.3 Å². The molecule has 0 fully saturated rings. The number of nitrogens with one attached hydrogen (secondary N) is 1. The van der Waals surface area contributed by atoms with Gasteiger partial charge in [-0.25, -0.2) is 0 Å². The Balaban J connectivity index is 3.47. The summed E-state index contributed by atoms with van der Waals surface area (Å²) in [5.41, 5.74) is 0. The summed E-state index contributed by atoms with van der Waals surface area (Å²) >= 11 is 0. The molecule has 2 atom stereocenters. The van der Waals surface area contributed by atoms with Crippen LogP contribution in [0, 0.1) is 0 Å². The molecular formula is C59H113NO5. The standard InChI is InChI=1S/C59H113NO5/c1-3-5-7-9-11-13-15-17-19-24-27-31-35-39-43-47-51-57(62)56(55-61)60-58(63)52-48-44-40-36-32-28-25-21-20-22-26-30-34-38-42-46-50-54-65-59(64)53-49-45-41-37-33-29-23-18-16-14-12-10-8-6-4-2/h20,22,47,51,56-57,61-62H,3-19,21,23-46,48-50,52-55H2,1-2H3,(H,60,63)/b22-20-,51-47+. The first-order chi connectivity index (χ1) is 32.0. The van der Waals surface area contributed by atoms with E-state index in [0.29, 0.717) is 19.4 Å². The van der Waals surface area contributed by atoms with Crippen LogP contribution in [0.15, 0.2) is 24.3 Å². The van der Waals surface area contributed by atoms with Gasteiger partial charge in [0.2, 0.25) is 5.91 Å². The molecule has 6 heteroatoms. The molecule has 384 valence electrons. The Morgan fingerprint density at radius 3 is 1.09 bits per heavy atom. The highest BCUT2D eigenvalue weighted by Crippen LogP contribution is 2.17. The Kier molecular flexibility index (Phi) is 53.5. The first-order valence-electron chi connectivity index (χ1n) is 29.1. The maximum absolute atomic E-state index is 12.5. The van der Waals surface area contributed by atoms with Crippen LogP contribution in [0.4, 0.5) is 0 Å². The van der Waals surface area contributed by atoms with Gasteiger partial charge >= 0.3 is 5.97 Å². The van der Waals surface area contributed by atoms with Crippen molar-refractivity contribution in [2.24, 2.45) is 0 Å². The monoisotopic (exact) mass is 916 g/mol. The number of ether oxygens (including phenoxy) is 1. The molecule has 2 unspecified atom stereocenters. The number of hydrogen-bond donors (Lipinski definition) is 3. The number of hydrogen-bond acceptors (Lipinski definition) is 5. The molecule has 1 amide bonds. The summed E-state index contributed by atoms with van der Waals surface area (Å²) in [6.45, 7) is 4.90. The molecule has 0 heterocycles. The quantitative estimate of drug-likeness (QED) is 0.0321. The van der Waals surface area contributed by atoms with Gasteiger partial charge in [-0.15, -0.1) is 0 Å². The number of esters is 1. The Morgan fingerprint density at radius 2 is 0.723 bits per heavy atom. The zero-order valence-corrected chi connectivity index (χ0v) is 43.7. The summed E-state index contributed by atoms with van der Waals surface area (Å²) in [5, 5.41) is 23.1. The van der Waals surface area contributed by atoms with Gasteiger partial charge in [-0.3, -0.25) is 9.59 Å². The van der Waals surface area contributed by atoms with E-state index in [1.807, 2.05) is 6.08 Å². The predicted molar refractivity (Wildman–Crippen MR) is 283 cm³/mol. The van der Waals surface area contributed by atoms with E-state index in [2.05, 4.69) is 31.3 Å². The van der Waals surface area contributed by atoms with Crippen LogP contribution in [0.3, 0.4) is 0 Å². The summed E-state index contributed by atoms with van der Waals surface area (Å²) in [6.07, 6.45) is 66.2. The number of carbonyl (C=O) groups is 2. The van der Waals surface area contributed by atoms with Gasteiger partial charge in [0.05, 0.1) is 25.4 Å². The Labute approximate surface area is 405 Å². The van der Waals surface area contributed by atoms with Crippen LogP contribution in [0.1, 0.15) is 316 Å². The third kappa shape index (κ3) is 51.6. The Hall–Kier alpha value is -1.66. The molecule has 0 spiro atoms. The molecule has 0 bridgehead atoms. The van der Waals surface area contributed by atoms with Gasteiger partial charge in [-0.05, 0) is 57.8 Å². The van der Waals surface area contributed by atoms with Crippen molar-refractivity contribution in [2.45, 2.75) is 328 Å². The minimum Gasteiger partial charge on any atom is -0.466 e. The highest BCUT2D eigenvalue weighted by Gasteiger charge is 2.18. The molecule has 0 aromatic carbocycles. The minimum absolute atomic E-state index is 0.000315. The topological polar surface area (TPSA) is 95.9 Å². The summed E-state index contributed by atoms with van der Waals surface area (Å²) in [4.78, 5) is 24.5. The predicted octanol–water partition coefficient (Wildman–Crippen LogP) is 17.9. The van der Waals surface area contributed by atoms with Gasteiger partial charge in [0, 0.05) is 12.8 Å². The second-order valence-corrected chi connectivity index (χ2v) is 20.0. The van der Waals surface area contributed by atoms with E-state index in [0.717, 1.165) is 57.8 Å². The SMILES string of the molecule is CCCCCCCCCCCCCCCC/C=C/C(O)C(CO)NC(=O)CCCCCCCCC/C=C\CCCCCCCCOC(=O)CCCCCCCCCCCCCCCCC. The molecule has 0 aromatic heterocycles. The van der Waals surface area contributed by atoms with Gasteiger partial charge in [0.1, 0.15) is 0 Å². The van der Waals surface area contributed by atoms with Crippen LogP contribution in [-0.2, 0) is 14.3 Å². The van der Waals surface area contributed by atoms with Gasteiger partial charge in [-0.2, -0.15) is 0 Å². The molecular weight excluding hydrogens is 803 g/mol. The smallest absolute Gasteiger partial charge is 0.305 e. The third-order valence-electron chi connectivity index (χ3n) is 13.5. The second kappa shape index (κ2) is 54.9. The van der Waals surface area contributed by atoms with Gasteiger partial charge in [0.15, 0.2) is 0 Å². The Bertz CT molecular complexity index is 1010. The fourth-order valence-electron chi connectivity index (χ4n) is 8.98. The van der Waals surface area contributed by atoms with Crippen LogP contribution in [0.25, 0.3) is 0 Å². The lowest BCUT2D eigenvalue weighted by Crippen LogP contribution is -2.45. The van der Waals surface area contributed by atoms with E-state index in [4.69, 9.17) is 4.74 Å². The molecule has 0 aliphatic heterocycles. The molecule has 0 rings (SSSR count). The number of amides is 1. The van der Waals surface area contributed by atoms with Crippen molar-refractivity contribution in [1.82, 2.24) is 5.32 Å². The van der Waals surface area contributed by atoms with Crippen molar-refractivity contribution in [3.63, 3.8) is 0 Å². The van der Waals surface area contributed by atoms with Crippen molar-refractivity contribution in [3.8, 4) is 0 Å². The van der Waals surface area contributed by atoms with Crippen LogP contribution >= 0.6 is 0 Å². The maximum Gasteiger partial charge on any atom is 0.305 e. The van der Waals surface area contributed by atoms with Crippen LogP contribution in [0.5, 0.6) is 0 Å². The average Bonchev–Trinajstić information content (AvgIpc) is 3.31. The van der Waals surface area contributed by atoms with E-state index in [1.54, 1.807) is 6.08 Å². The number of rotatable bonds is 54. The first-order valence-corrected chi connectivity index (χ1v) is 29.1. The maximum atomic E-state index is 12.5. The number of aliphatic hydroxyl groups is 2. The molecule has 0 radical (unpaired) electrons. The highest BCUT2D eigenvalue weighted by molar-refractivity contribution is 5.76. The largest absolute Gasteiger partial charge is 0.466 e. The van der Waals surface area contributed by atoms with Crippen molar-refractivity contribution in [3.05, 3.63) is 24.3 Å². The average molecular weight is 917 g/mol. The summed E-state index contributed by atoms with van der Waals surface area (Å²) < 4.78 is 5.47. The summed E-state index contributed by atoms with van der Waals surface area (Å²) in [5.74, 6) is -0.0781. The van der Waals surface area contributed by atoms with Crippen molar-refractivity contribution >= 4 is 11.9 Å². The van der Waals surface area contributed by atoms with Crippen molar-refractivity contribution in [1.29, 1.82) is 0 Å². The molecule has 3 N–H and O–H groups in total. The molecule has 65 heavy (non-hydrogen) atoms. The van der Waals surface area contributed by atoms with Crippen molar-refractivity contribution < 1.29 is 24.5 Å². The summed E-state index contributed by atoms with van der Waals surface area (Å²) in [6, 6.07) is -0.636. The first kappa shape index (κ1) is 63.3. The zero-order chi connectivity index (χ0) is 47.2.